The highest BCUT2D eigenvalue weighted by atomic mass is 16.5. The number of urea groups is 1. The van der Waals surface area contributed by atoms with Crippen LogP contribution in [-0.4, -0.2) is 53.9 Å². The van der Waals surface area contributed by atoms with E-state index in [9.17, 15) is 14.4 Å². The summed E-state index contributed by atoms with van der Waals surface area (Å²) >= 11 is 0. The molecular weight excluding hydrogens is 362 g/mol. The van der Waals surface area contributed by atoms with Crippen molar-refractivity contribution in [2.45, 2.75) is 68.9 Å². The van der Waals surface area contributed by atoms with Gasteiger partial charge in [-0.15, -0.1) is 0 Å². The average Bonchev–Trinajstić information content (AvgIpc) is 2.99. The molecule has 1 aliphatic heterocycles. The van der Waals surface area contributed by atoms with E-state index in [0.717, 1.165) is 37.0 Å². The molecule has 4 aliphatic carbocycles. The molecule has 1 unspecified atom stereocenters. The molecule has 1 atom stereocenters. The van der Waals surface area contributed by atoms with Gasteiger partial charge in [0.05, 0.1) is 18.6 Å². The number of rotatable bonds is 7. The predicted molar refractivity (Wildman–Crippen MR) is 101 cm³/mol. The maximum atomic E-state index is 12.4. The van der Waals surface area contributed by atoms with Gasteiger partial charge in [-0.05, 0) is 62.7 Å². The smallest absolute Gasteiger partial charge is 0.315 e. The van der Waals surface area contributed by atoms with Crippen molar-refractivity contribution >= 4 is 17.9 Å². The molecule has 0 radical (unpaired) electrons. The molecule has 0 aromatic rings. The Hall–Kier alpha value is -1.83. The molecule has 4 N–H and O–H groups in total. The fourth-order valence-electron chi connectivity index (χ4n) is 6.38. The van der Waals surface area contributed by atoms with E-state index in [4.69, 9.17) is 9.84 Å². The van der Waals surface area contributed by atoms with Crippen molar-refractivity contribution in [2.24, 2.45) is 17.8 Å². The number of carbonyl (C=O) groups is 3. The third-order valence-electron chi connectivity index (χ3n) is 7.05. The normalized spacial score (nSPS) is 38.2. The maximum Gasteiger partial charge on any atom is 0.315 e. The molecule has 5 aliphatic rings. The summed E-state index contributed by atoms with van der Waals surface area (Å²) < 4.78 is 5.28. The number of carboxylic acid groups (broad SMARTS) is 1. The van der Waals surface area contributed by atoms with Gasteiger partial charge in [-0.1, -0.05) is 0 Å². The van der Waals surface area contributed by atoms with Gasteiger partial charge in [-0.25, -0.2) is 4.79 Å². The van der Waals surface area contributed by atoms with E-state index < -0.39 is 11.5 Å². The summed E-state index contributed by atoms with van der Waals surface area (Å²) in [6.07, 6.45) is 7.69. The Morgan fingerprint density at radius 1 is 1.00 bits per heavy atom. The van der Waals surface area contributed by atoms with E-state index in [1.165, 1.54) is 19.3 Å². The summed E-state index contributed by atoms with van der Waals surface area (Å²) in [6, 6.07) is -0.195. The van der Waals surface area contributed by atoms with Crippen LogP contribution in [0.15, 0.2) is 0 Å². The van der Waals surface area contributed by atoms with E-state index >= 15 is 0 Å². The Kier molecular flexibility index (Phi) is 5.24. The second-order valence-electron chi connectivity index (χ2n) is 9.53. The molecule has 0 aromatic carbocycles. The van der Waals surface area contributed by atoms with Crippen molar-refractivity contribution in [2.75, 3.05) is 19.8 Å². The maximum absolute atomic E-state index is 12.4. The second-order valence-corrected chi connectivity index (χ2v) is 9.53. The number of hydrogen-bond acceptors (Lipinski definition) is 4. The minimum absolute atomic E-state index is 0.0478. The van der Waals surface area contributed by atoms with Crippen LogP contribution in [0.2, 0.25) is 0 Å². The molecule has 5 fully saturated rings. The highest BCUT2D eigenvalue weighted by Gasteiger charge is 2.51. The van der Waals surface area contributed by atoms with Gasteiger partial charge in [-0.3, -0.25) is 9.59 Å². The van der Waals surface area contributed by atoms with E-state index in [2.05, 4.69) is 16.0 Å². The van der Waals surface area contributed by atoms with Crippen LogP contribution >= 0.6 is 0 Å². The highest BCUT2D eigenvalue weighted by molar-refractivity contribution is 5.80. The minimum atomic E-state index is -0.959. The van der Waals surface area contributed by atoms with Crippen LogP contribution in [-0.2, 0) is 14.3 Å². The van der Waals surface area contributed by atoms with E-state index in [-0.39, 0.29) is 43.5 Å². The third-order valence-corrected chi connectivity index (χ3v) is 7.05. The van der Waals surface area contributed by atoms with Gasteiger partial charge >= 0.3 is 12.0 Å². The lowest BCUT2D eigenvalue weighted by atomic mass is 9.53. The number of carbonyl (C=O) groups excluding carboxylic acids is 2. The first-order chi connectivity index (χ1) is 13.4. The summed E-state index contributed by atoms with van der Waals surface area (Å²) in [5.41, 5.74) is -0.877. The minimum Gasteiger partial charge on any atom is -0.481 e. The molecule has 0 aromatic heterocycles. The van der Waals surface area contributed by atoms with E-state index in [1.807, 2.05) is 0 Å². The lowest BCUT2D eigenvalue weighted by molar-refractivity contribution is -0.139. The van der Waals surface area contributed by atoms with Crippen LogP contribution in [0.25, 0.3) is 0 Å². The monoisotopic (exact) mass is 393 g/mol. The number of carboxylic acids is 1. The van der Waals surface area contributed by atoms with Crippen molar-refractivity contribution in [1.82, 2.24) is 16.0 Å². The Morgan fingerprint density at radius 2 is 1.64 bits per heavy atom. The van der Waals surface area contributed by atoms with Gasteiger partial charge in [0.25, 0.3) is 0 Å². The number of amides is 3. The Bertz CT molecular complexity index is 608. The summed E-state index contributed by atoms with van der Waals surface area (Å²) in [7, 11) is 0. The van der Waals surface area contributed by atoms with Crippen LogP contribution in [0.1, 0.15) is 57.8 Å². The molecule has 4 saturated carbocycles. The van der Waals surface area contributed by atoms with E-state index in [0.29, 0.717) is 13.0 Å². The Balaban J connectivity index is 1.21. The molecule has 8 heteroatoms. The van der Waals surface area contributed by atoms with Crippen molar-refractivity contribution in [1.29, 1.82) is 0 Å². The topological polar surface area (TPSA) is 117 Å². The van der Waals surface area contributed by atoms with Crippen molar-refractivity contribution in [3.8, 4) is 0 Å². The molecule has 1 heterocycles. The number of ether oxygens (including phenoxy) is 1. The molecule has 3 amide bonds. The van der Waals surface area contributed by atoms with Gasteiger partial charge < -0.3 is 25.8 Å². The molecule has 0 spiro atoms. The van der Waals surface area contributed by atoms with Gasteiger partial charge in [0.2, 0.25) is 5.91 Å². The zero-order valence-corrected chi connectivity index (χ0v) is 16.3. The van der Waals surface area contributed by atoms with E-state index in [1.54, 1.807) is 0 Å². The summed E-state index contributed by atoms with van der Waals surface area (Å²) in [5.74, 6) is 1.06. The standard InChI is InChI=1S/C20H31N3O5/c24-16(22-19(11-17(25)26)2-4-28-12-19)1-3-21-18(27)23-20-8-13-5-14(9-20)7-15(6-13)10-20/h13-15H,1-12H2,(H,22,24)(H,25,26)(H2,21,23,27). The zero-order valence-electron chi connectivity index (χ0n) is 16.3. The molecule has 1 saturated heterocycles. The second kappa shape index (κ2) is 7.54. The lowest BCUT2D eigenvalue weighted by Crippen LogP contribution is -2.61. The molecule has 5 rings (SSSR count). The zero-order chi connectivity index (χ0) is 19.8. The number of aliphatic carboxylic acids is 1. The van der Waals surface area contributed by atoms with Crippen molar-refractivity contribution in [3.05, 3.63) is 0 Å². The van der Waals surface area contributed by atoms with Crippen molar-refractivity contribution in [3.63, 3.8) is 0 Å². The Morgan fingerprint density at radius 3 is 2.18 bits per heavy atom. The van der Waals surface area contributed by atoms with Crippen LogP contribution in [0.3, 0.4) is 0 Å². The number of nitrogens with one attached hydrogen (secondary N) is 3. The first-order valence-electron chi connectivity index (χ1n) is 10.5. The van der Waals surface area contributed by atoms with Crippen LogP contribution in [0, 0.1) is 17.8 Å². The summed E-state index contributed by atoms with van der Waals surface area (Å²) in [6.45, 7) is 0.887. The van der Waals surface area contributed by atoms with Crippen LogP contribution < -0.4 is 16.0 Å². The average molecular weight is 393 g/mol. The van der Waals surface area contributed by atoms with Crippen LogP contribution in [0.4, 0.5) is 4.79 Å². The fourth-order valence-corrected chi connectivity index (χ4v) is 6.38. The van der Waals surface area contributed by atoms with Crippen LogP contribution in [0.5, 0.6) is 0 Å². The fraction of sp³-hybridized carbons (Fsp3) is 0.850. The van der Waals surface area contributed by atoms with Gasteiger partial charge in [0, 0.05) is 25.1 Å². The molecule has 8 nitrogen and oxygen atoms in total. The molecule has 28 heavy (non-hydrogen) atoms. The summed E-state index contributed by atoms with van der Waals surface area (Å²) in [4.78, 5) is 35.7. The third kappa shape index (κ3) is 4.26. The predicted octanol–water partition coefficient (Wildman–Crippen LogP) is 1.39. The van der Waals surface area contributed by atoms with Gasteiger partial charge in [0.1, 0.15) is 0 Å². The quantitative estimate of drug-likeness (QED) is 0.522. The number of hydrogen-bond donors (Lipinski definition) is 4. The lowest BCUT2D eigenvalue weighted by Gasteiger charge is -2.56. The molecular formula is C20H31N3O5. The molecule has 4 bridgehead atoms. The van der Waals surface area contributed by atoms with Crippen molar-refractivity contribution < 1.29 is 24.2 Å². The SMILES string of the molecule is O=C(O)CC1(NC(=O)CCNC(=O)NC23CC4CC(CC(C4)C2)C3)CCOC1. The largest absolute Gasteiger partial charge is 0.481 e. The first kappa shape index (κ1) is 19.5. The highest BCUT2D eigenvalue weighted by Crippen LogP contribution is 2.55. The van der Waals surface area contributed by atoms with Gasteiger partial charge in [0.15, 0.2) is 0 Å². The molecule has 156 valence electrons. The van der Waals surface area contributed by atoms with Gasteiger partial charge in [-0.2, -0.15) is 0 Å². The first-order valence-corrected chi connectivity index (χ1v) is 10.5. The Labute approximate surface area is 165 Å². The summed E-state index contributed by atoms with van der Waals surface area (Å²) in [5, 5.41) is 17.9.